The standard InChI is InChI=1S/C18H11NO4/c20-16-14-9-3-4-10-15(14)17(21)19(16)11-5-7-12-6-1-2-8-13(12)18(22)23/h1-4,6,8-10H,11H2,(H,22,23). The van der Waals surface area contributed by atoms with Crippen molar-refractivity contribution in [1.82, 2.24) is 4.90 Å². The lowest BCUT2D eigenvalue weighted by molar-refractivity contribution is 0.0668. The number of carbonyl (C=O) groups is 3. The molecule has 2 aromatic carbocycles. The number of hydrogen-bond acceptors (Lipinski definition) is 3. The van der Waals surface area contributed by atoms with Gasteiger partial charge in [-0.15, -0.1) is 0 Å². The molecule has 1 aliphatic rings. The summed E-state index contributed by atoms with van der Waals surface area (Å²) in [5, 5.41) is 9.09. The van der Waals surface area contributed by atoms with Crippen molar-refractivity contribution in [2.24, 2.45) is 0 Å². The number of carboxylic acids is 1. The Hall–Kier alpha value is -3.39. The van der Waals surface area contributed by atoms with Crippen molar-refractivity contribution < 1.29 is 19.5 Å². The van der Waals surface area contributed by atoms with Crippen LogP contribution in [0.4, 0.5) is 0 Å². The zero-order chi connectivity index (χ0) is 16.4. The molecule has 3 rings (SSSR count). The minimum absolute atomic E-state index is 0.0830. The number of carboxylic acid groups (broad SMARTS) is 1. The molecule has 0 bridgehead atoms. The van der Waals surface area contributed by atoms with Crippen LogP contribution in [0.2, 0.25) is 0 Å². The summed E-state index contributed by atoms with van der Waals surface area (Å²) in [6, 6.07) is 12.9. The van der Waals surface area contributed by atoms with Gasteiger partial charge in [0.25, 0.3) is 11.8 Å². The number of rotatable bonds is 2. The van der Waals surface area contributed by atoms with Crippen molar-refractivity contribution in [1.29, 1.82) is 0 Å². The maximum Gasteiger partial charge on any atom is 0.336 e. The van der Waals surface area contributed by atoms with E-state index >= 15 is 0 Å². The van der Waals surface area contributed by atoms with Crippen LogP contribution in [0.5, 0.6) is 0 Å². The molecule has 2 aromatic rings. The highest BCUT2D eigenvalue weighted by Crippen LogP contribution is 2.21. The van der Waals surface area contributed by atoms with Gasteiger partial charge >= 0.3 is 5.97 Å². The molecule has 2 amide bonds. The first kappa shape index (κ1) is 14.5. The maximum absolute atomic E-state index is 12.2. The first-order valence-corrected chi connectivity index (χ1v) is 6.86. The predicted octanol–water partition coefficient (Wildman–Crippen LogP) is 2.03. The van der Waals surface area contributed by atoms with E-state index in [1.165, 1.54) is 6.07 Å². The Morgan fingerprint density at radius 2 is 1.52 bits per heavy atom. The third-order valence-corrected chi connectivity index (χ3v) is 3.50. The quantitative estimate of drug-likeness (QED) is 0.680. The molecule has 0 unspecified atom stereocenters. The Labute approximate surface area is 132 Å². The molecule has 0 aliphatic carbocycles. The number of fused-ring (bicyclic) bond motifs is 1. The largest absolute Gasteiger partial charge is 0.478 e. The molecule has 0 fully saturated rings. The summed E-state index contributed by atoms with van der Waals surface area (Å²) in [6.45, 7) is -0.0830. The molecule has 0 radical (unpaired) electrons. The van der Waals surface area contributed by atoms with Crippen LogP contribution in [0.15, 0.2) is 48.5 Å². The van der Waals surface area contributed by atoms with Crippen molar-refractivity contribution in [3.8, 4) is 11.8 Å². The van der Waals surface area contributed by atoms with E-state index in [0.29, 0.717) is 16.7 Å². The second-order valence-electron chi connectivity index (χ2n) is 4.89. The van der Waals surface area contributed by atoms with Gasteiger partial charge < -0.3 is 5.11 Å². The number of nitrogens with zero attached hydrogens (tertiary/aromatic N) is 1. The molecule has 0 saturated heterocycles. The predicted molar refractivity (Wildman–Crippen MR) is 82.1 cm³/mol. The molecule has 1 heterocycles. The van der Waals surface area contributed by atoms with Gasteiger partial charge in [-0.25, -0.2) is 4.79 Å². The monoisotopic (exact) mass is 305 g/mol. The molecule has 0 spiro atoms. The van der Waals surface area contributed by atoms with Crippen molar-refractivity contribution in [2.45, 2.75) is 0 Å². The molecule has 5 heteroatoms. The van der Waals surface area contributed by atoms with E-state index in [4.69, 9.17) is 5.11 Å². The third-order valence-electron chi connectivity index (χ3n) is 3.50. The average molecular weight is 305 g/mol. The molecule has 112 valence electrons. The van der Waals surface area contributed by atoms with E-state index in [9.17, 15) is 14.4 Å². The zero-order valence-corrected chi connectivity index (χ0v) is 11.9. The van der Waals surface area contributed by atoms with Gasteiger partial charge in [0.1, 0.15) is 0 Å². The Morgan fingerprint density at radius 3 is 2.13 bits per heavy atom. The molecule has 0 atom stereocenters. The normalized spacial score (nSPS) is 12.6. The van der Waals surface area contributed by atoms with Gasteiger partial charge in [-0.3, -0.25) is 14.5 Å². The lowest BCUT2D eigenvalue weighted by Gasteiger charge is -2.08. The number of imide groups is 1. The van der Waals surface area contributed by atoms with Crippen LogP contribution in [-0.4, -0.2) is 34.3 Å². The summed E-state index contributed by atoms with van der Waals surface area (Å²) in [7, 11) is 0. The molecule has 1 aliphatic heterocycles. The second-order valence-corrected chi connectivity index (χ2v) is 4.89. The molecule has 5 nitrogen and oxygen atoms in total. The maximum atomic E-state index is 12.2. The van der Waals surface area contributed by atoms with Crippen molar-refractivity contribution in [3.05, 3.63) is 70.8 Å². The van der Waals surface area contributed by atoms with Gasteiger partial charge in [-0.1, -0.05) is 36.1 Å². The van der Waals surface area contributed by atoms with Crippen LogP contribution in [-0.2, 0) is 0 Å². The summed E-state index contributed by atoms with van der Waals surface area (Å²) in [5.41, 5.74) is 1.16. The van der Waals surface area contributed by atoms with E-state index in [1.54, 1.807) is 42.5 Å². The van der Waals surface area contributed by atoms with Gasteiger partial charge in [0.2, 0.25) is 0 Å². The average Bonchev–Trinajstić information content (AvgIpc) is 2.80. The van der Waals surface area contributed by atoms with Gasteiger partial charge in [-0.2, -0.15) is 0 Å². The van der Waals surface area contributed by atoms with Gasteiger partial charge in [0.15, 0.2) is 0 Å². The summed E-state index contributed by atoms with van der Waals surface area (Å²) in [5.74, 6) is 3.58. The summed E-state index contributed by atoms with van der Waals surface area (Å²) in [6.07, 6.45) is 0. The highest BCUT2D eigenvalue weighted by molar-refractivity contribution is 6.21. The zero-order valence-electron chi connectivity index (χ0n) is 11.9. The number of aromatic carboxylic acids is 1. The highest BCUT2D eigenvalue weighted by Gasteiger charge is 2.34. The second kappa shape index (κ2) is 5.78. The van der Waals surface area contributed by atoms with E-state index in [-0.39, 0.29) is 23.9 Å². The van der Waals surface area contributed by atoms with Crippen LogP contribution in [0, 0.1) is 11.8 Å². The lowest BCUT2D eigenvalue weighted by Crippen LogP contribution is -2.30. The van der Waals surface area contributed by atoms with E-state index < -0.39 is 5.97 Å². The number of benzene rings is 2. The number of amides is 2. The SMILES string of the molecule is O=C(O)c1ccccc1C#CCN1C(=O)c2ccccc2C1=O. The van der Waals surface area contributed by atoms with Crippen LogP contribution < -0.4 is 0 Å². The van der Waals surface area contributed by atoms with Crippen LogP contribution in [0.25, 0.3) is 0 Å². The molecule has 23 heavy (non-hydrogen) atoms. The molecular weight excluding hydrogens is 294 g/mol. The van der Waals surface area contributed by atoms with E-state index in [0.717, 1.165) is 4.90 Å². The van der Waals surface area contributed by atoms with Crippen molar-refractivity contribution >= 4 is 17.8 Å². The molecule has 1 N–H and O–H groups in total. The fraction of sp³-hybridized carbons (Fsp3) is 0.0556. The fourth-order valence-electron chi connectivity index (χ4n) is 2.38. The highest BCUT2D eigenvalue weighted by atomic mass is 16.4. The first-order valence-electron chi connectivity index (χ1n) is 6.86. The fourth-order valence-corrected chi connectivity index (χ4v) is 2.38. The number of carbonyl (C=O) groups excluding carboxylic acids is 2. The summed E-state index contributed by atoms with van der Waals surface area (Å²) >= 11 is 0. The topological polar surface area (TPSA) is 74.7 Å². The first-order chi connectivity index (χ1) is 11.1. The Balaban J connectivity index is 1.83. The molecular formula is C18H11NO4. The lowest BCUT2D eigenvalue weighted by atomic mass is 10.1. The Bertz CT molecular complexity index is 854. The van der Waals surface area contributed by atoms with Crippen LogP contribution in [0.3, 0.4) is 0 Å². The summed E-state index contributed by atoms with van der Waals surface area (Å²) in [4.78, 5) is 36.5. The van der Waals surface area contributed by atoms with Crippen molar-refractivity contribution in [2.75, 3.05) is 6.54 Å². The summed E-state index contributed by atoms with van der Waals surface area (Å²) < 4.78 is 0. The molecule has 0 aromatic heterocycles. The molecule has 0 saturated carbocycles. The van der Waals surface area contributed by atoms with E-state index in [2.05, 4.69) is 11.8 Å². The minimum atomic E-state index is -1.07. The minimum Gasteiger partial charge on any atom is -0.478 e. The van der Waals surface area contributed by atoms with E-state index in [1.807, 2.05) is 0 Å². The van der Waals surface area contributed by atoms with Crippen molar-refractivity contribution in [3.63, 3.8) is 0 Å². The van der Waals surface area contributed by atoms with Gasteiger partial charge in [0.05, 0.1) is 23.2 Å². The van der Waals surface area contributed by atoms with Gasteiger partial charge in [-0.05, 0) is 24.3 Å². The van der Waals surface area contributed by atoms with Crippen LogP contribution in [0.1, 0.15) is 36.6 Å². The van der Waals surface area contributed by atoms with Gasteiger partial charge in [0, 0.05) is 5.56 Å². The smallest absolute Gasteiger partial charge is 0.336 e. The third kappa shape index (κ3) is 2.58. The Morgan fingerprint density at radius 1 is 0.957 bits per heavy atom. The number of hydrogen-bond donors (Lipinski definition) is 1. The Kier molecular flexibility index (Phi) is 3.65. The van der Waals surface area contributed by atoms with Crippen LogP contribution >= 0.6 is 0 Å².